The SMILES string of the molecule is Cc1cc(O)c(C2OC(=O)c3ccccc32)c(=O)n1CCO. The standard InChI is InChI=1S/C16H15NO5/c1-9-8-12(19)13(15(20)17(9)6-7-18)14-10-4-2-3-5-11(10)16(21)22-14/h2-5,8,14,18-19H,6-7H2,1H3. The Kier molecular flexibility index (Phi) is 3.46. The molecule has 1 atom stereocenters. The number of pyridine rings is 1. The molecule has 0 saturated heterocycles. The molecule has 0 spiro atoms. The van der Waals surface area contributed by atoms with Crippen LogP contribution in [0.4, 0.5) is 0 Å². The number of cyclic esters (lactones) is 1. The first kappa shape index (κ1) is 14.3. The molecule has 2 aromatic rings. The van der Waals surface area contributed by atoms with Crippen LogP contribution >= 0.6 is 0 Å². The number of fused-ring (bicyclic) bond motifs is 1. The highest BCUT2D eigenvalue weighted by atomic mass is 16.5. The van der Waals surface area contributed by atoms with E-state index in [9.17, 15) is 14.7 Å². The number of aliphatic hydroxyl groups excluding tert-OH is 1. The van der Waals surface area contributed by atoms with E-state index >= 15 is 0 Å². The van der Waals surface area contributed by atoms with Crippen molar-refractivity contribution < 1.29 is 19.7 Å². The molecule has 22 heavy (non-hydrogen) atoms. The lowest BCUT2D eigenvalue weighted by Gasteiger charge is -2.16. The Hall–Kier alpha value is -2.60. The number of aromatic nitrogens is 1. The van der Waals surface area contributed by atoms with Crippen LogP contribution in [0.1, 0.15) is 33.3 Å². The Morgan fingerprint density at radius 2 is 2.00 bits per heavy atom. The second-order valence-corrected chi connectivity index (χ2v) is 5.14. The summed E-state index contributed by atoms with van der Waals surface area (Å²) in [5.41, 5.74) is 1.01. The van der Waals surface area contributed by atoms with E-state index in [4.69, 9.17) is 9.84 Å². The number of rotatable bonds is 3. The van der Waals surface area contributed by atoms with Crippen LogP contribution in [0.5, 0.6) is 5.75 Å². The molecule has 6 heteroatoms. The smallest absolute Gasteiger partial charge is 0.339 e. The lowest BCUT2D eigenvalue weighted by atomic mass is 9.99. The van der Waals surface area contributed by atoms with Crippen molar-refractivity contribution in [2.24, 2.45) is 0 Å². The first-order valence-electron chi connectivity index (χ1n) is 6.88. The average molecular weight is 301 g/mol. The molecule has 0 amide bonds. The van der Waals surface area contributed by atoms with Gasteiger partial charge in [0.05, 0.1) is 12.2 Å². The van der Waals surface area contributed by atoms with Gasteiger partial charge in [0.25, 0.3) is 5.56 Å². The Labute approximate surface area is 126 Å². The lowest BCUT2D eigenvalue weighted by Crippen LogP contribution is -2.28. The average Bonchev–Trinajstić information content (AvgIpc) is 2.81. The molecule has 0 fully saturated rings. The summed E-state index contributed by atoms with van der Waals surface area (Å²) >= 11 is 0. The minimum atomic E-state index is -0.929. The monoisotopic (exact) mass is 301 g/mol. The predicted molar refractivity (Wildman–Crippen MR) is 77.9 cm³/mol. The summed E-state index contributed by atoms with van der Waals surface area (Å²) in [5.74, 6) is -0.736. The molecule has 1 aliphatic rings. The maximum atomic E-state index is 12.6. The number of carbonyl (C=O) groups excluding carboxylic acids is 1. The van der Waals surface area contributed by atoms with Gasteiger partial charge in [0.1, 0.15) is 11.3 Å². The van der Waals surface area contributed by atoms with Crippen molar-refractivity contribution in [1.82, 2.24) is 4.57 Å². The highest BCUT2D eigenvalue weighted by Crippen LogP contribution is 2.37. The molecule has 2 heterocycles. The molecule has 114 valence electrons. The molecule has 2 N–H and O–H groups in total. The van der Waals surface area contributed by atoms with Gasteiger partial charge in [-0.05, 0) is 19.1 Å². The summed E-state index contributed by atoms with van der Waals surface area (Å²) in [4.78, 5) is 24.5. The molecule has 1 aromatic carbocycles. The number of ether oxygens (including phenoxy) is 1. The molecule has 1 aliphatic heterocycles. The highest BCUT2D eigenvalue weighted by Gasteiger charge is 2.35. The van der Waals surface area contributed by atoms with Gasteiger partial charge in [0.15, 0.2) is 6.10 Å². The van der Waals surface area contributed by atoms with E-state index in [1.54, 1.807) is 31.2 Å². The molecular formula is C16H15NO5. The van der Waals surface area contributed by atoms with Gasteiger partial charge in [0, 0.05) is 17.8 Å². The zero-order valence-electron chi connectivity index (χ0n) is 11.9. The first-order chi connectivity index (χ1) is 10.5. The van der Waals surface area contributed by atoms with Gasteiger partial charge >= 0.3 is 5.97 Å². The number of carbonyl (C=O) groups is 1. The fourth-order valence-electron chi connectivity index (χ4n) is 2.75. The number of aliphatic hydroxyl groups is 1. The van der Waals surface area contributed by atoms with Crippen molar-refractivity contribution in [3.63, 3.8) is 0 Å². The van der Waals surface area contributed by atoms with Gasteiger partial charge < -0.3 is 19.5 Å². The lowest BCUT2D eigenvalue weighted by molar-refractivity contribution is 0.0449. The molecule has 1 aromatic heterocycles. The van der Waals surface area contributed by atoms with Gasteiger partial charge in [-0.3, -0.25) is 4.79 Å². The third-order valence-electron chi connectivity index (χ3n) is 3.80. The summed E-state index contributed by atoms with van der Waals surface area (Å²) in [6.45, 7) is 1.57. The summed E-state index contributed by atoms with van der Waals surface area (Å²) in [6.07, 6.45) is -0.929. The van der Waals surface area contributed by atoms with E-state index in [2.05, 4.69) is 0 Å². The first-order valence-corrected chi connectivity index (χ1v) is 6.88. The Morgan fingerprint density at radius 1 is 1.27 bits per heavy atom. The third-order valence-corrected chi connectivity index (χ3v) is 3.80. The maximum Gasteiger partial charge on any atom is 0.339 e. The second-order valence-electron chi connectivity index (χ2n) is 5.14. The fraction of sp³-hybridized carbons (Fsp3) is 0.250. The van der Waals surface area contributed by atoms with E-state index in [0.717, 1.165) is 0 Å². The van der Waals surface area contributed by atoms with Crippen LogP contribution < -0.4 is 5.56 Å². The Balaban J connectivity index is 2.20. The van der Waals surface area contributed by atoms with E-state index in [1.807, 2.05) is 0 Å². The predicted octanol–water partition coefficient (Wildman–Crippen LogP) is 1.11. The van der Waals surface area contributed by atoms with Crippen LogP contribution in [0.25, 0.3) is 0 Å². The third kappa shape index (κ3) is 2.08. The van der Waals surface area contributed by atoms with Crippen LogP contribution in [0.15, 0.2) is 35.1 Å². The summed E-state index contributed by atoms with van der Waals surface area (Å²) in [6, 6.07) is 8.20. The highest BCUT2D eigenvalue weighted by molar-refractivity contribution is 5.94. The molecule has 0 bridgehead atoms. The number of esters is 1. The van der Waals surface area contributed by atoms with E-state index < -0.39 is 17.6 Å². The quantitative estimate of drug-likeness (QED) is 0.829. The minimum absolute atomic E-state index is 0.0114. The Morgan fingerprint density at radius 3 is 2.73 bits per heavy atom. The molecule has 6 nitrogen and oxygen atoms in total. The minimum Gasteiger partial charge on any atom is -0.507 e. The van der Waals surface area contributed by atoms with Crippen molar-refractivity contribution in [2.75, 3.05) is 6.61 Å². The van der Waals surface area contributed by atoms with Crippen LogP contribution in [0, 0.1) is 6.92 Å². The van der Waals surface area contributed by atoms with Gasteiger partial charge in [-0.15, -0.1) is 0 Å². The van der Waals surface area contributed by atoms with Crippen LogP contribution in [-0.4, -0.2) is 27.4 Å². The van der Waals surface area contributed by atoms with Crippen molar-refractivity contribution >= 4 is 5.97 Å². The number of aromatic hydroxyl groups is 1. The van der Waals surface area contributed by atoms with Crippen molar-refractivity contribution in [3.05, 3.63) is 63.1 Å². The normalized spacial score (nSPS) is 16.5. The fourth-order valence-corrected chi connectivity index (χ4v) is 2.75. The van der Waals surface area contributed by atoms with Gasteiger partial charge in [-0.1, -0.05) is 18.2 Å². The van der Waals surface area contributed by atoms with Crippen molar-refractivity contribution in [1.29, 1.82) is 0 Å². The topological polar surface area (TPSA) is 88.8 Å². The van der Waals surface area contributed by atoms with Crippen molar-refractivity contribution in [3.8, 4) is 5.75 Å². The molecule has 0 saturated carbocycles. The van der Waals surface area contributed by atoms with Crippen molar-refractivity contribution in [2.45, 2.75) is 19.6 Å². The number of nitrogens with zero attached hydrogens (tertiary/aromatic N) is 1. The zero-order valence-corrected chi connectivity index (χ0v) is 11.9. The van der Waals surface area contributed by atoms with Crippen LogP contribution in [-0.2, 0) is 11.3 Å². The number of hydrogen-bond donors (Lipinski definition) is 2. The molecular weight excluding hydrogens is 286 g/mol. The van der Waals surface area contributed by atoms with Gasteiger partial charge in [0.2, 0.25) is 0 Å². The van der Waals surface area contributed by atoms with Crippen LogP contribution in [0.3, 0.4) is 0 Å². The molecule has 0 radical (unpaired) electrons. The summed E-state index contributed by atoms with van der Waals surface area (Å²) in [5, 5.41) is 19.3. The number of hydrogen-bond acceptors (Lipinski definition) is 5. The molecule has 0 aliphatic carbocycles. The molecule has 3 rings (SSSR count). The van der Waals surface area contributed by atoms with E-state index in [1.165, 1.54) is 10.6 Å². The second kappa shape index (κ2) is 5.31. The molecule has 1 unspecified atom stereocenters. The Bertz CT molecular complexity index is 809. The summed E-state index contributed by atoms with van der Waals surface area (Å²) in [7, 11) is 0. The van der Waals surface area contributed by atoms with Gasteiger partial charge in [-0.25, -0.2) is 4.79 Å². The largest absolute Gasteiger partial charge is 0.507 e. The number of benzene rings is 1. The van der Waals surface area contributed by atoms with E-state index in [-0.39, 0.29) is 24.5 Å². The van der Waals surface area contributed by atoms with Crippen LogP contribution in [0.2, 0.25) is 0 Å². The van der Waals surface area contributed by atoms with E-state index in [0.29, 0.717) is 16.8 Å². The van der Waals surface area contributed by atoms with Gasteiger partial charge in [-0.2, -0.15) is 0 Å². The maximum absolute atomic E-state index is 12.6. The summed E-state index contributed by atoms with van der Waals surface area (Å²) < 4.78 is 6.63. The zero-order chi connectivity index (χ0) is 15.9. The number of aryl methyl sites for hydroxylation is 1.